The molecule has 0 aliphatic heterocycles. The highest BCUT2D eigenvalue weighted by Crippen LogP contribution is 2.29. The van der Waals surface area contributed by atoms with Crippen molar-refractivity contribution in [2.75, 3.05) is 0 Å². The van der Waals surface area contributed by atoms with Gasteiger partial charge in [-0.2, -0.15) is 0 Å². The second kappa shape index (κ2) is 8.83. The zero-order valence-electron chi connectivity index (χ0n) is 14.6. The van der Waals surface area contributed by atoms with Crippen LogP contribution >= 0.6 is 12.2 Å². The molecule has 0 saturated heterocycles. The number of hydrazine groups is 1. The van der Waals surface area contributed by atoms with Gasteiger partial charge in [0.15, 0.2) is 5.11 Å². The van der Waals surface area contributed by atoms with E-state index in [0.717, 1.165) is 17.5 Å². The Labute approximate surface area is 150 Å². The molecule has 1 aromatic rings. The smallest absolute Gasteiger partial charge is 0.262 e. The maximum atomic E-state index is 11.9. The topological polar surface area (TPSA) is 53.2 Å². The Balaban J connectivity index is 1.77. The van der Waals surface area contributed by atoms with E-state index in [-0.39, 0.29) is 5.91 Å². The SMILES string of the molecule is Cc1ccccc1/C=C/C(=O)NNC(=S)N[C@H]1CCC[C@H](C)[C@@H]1C. The number of benzene rings is 1. The Morgan fingerprint density at radius 3 is 2.71 bits per heavy atom. The lowest BCUT2D eigenvalue weighted by Gasteiger charge is -2.35. The Morgan fingerprint density at radius 2 is 1.96 bits per heavy atom. The normalized spacial score (nSPS) is 23.7. The van der Waals surface area contributed by atoms with E-state index in [1.807, 2.05) is 31.2 Å². The number of carbonyl (C=O) groups excluding carboxylic acids is 1. The third-order valence-corrected chi connectivity index (χ3v) is 5.15. The Bertz CT molecular complexity index is 614. The largest absolute Gasteiger partial charge is 0.358 e. The molecule has 3 N–H and O–H groups in total. The first-order valence-corrected chi connectivity index (χ1v) is 8.98. The molecule has 0 bridgehead atoms. The van der Waals surface area contributed by atoms with Crippen LogP contribution in [-0.4, -0.2) is 17.1 Å². The number of thiocarbonyl (C=S) groups is 1. The van der Waals surface area contributed by atoms with E-state index in [0.29, 0.717) is 23.0 Å². The average Bonchev–Trinajstić information content (AvgIpc) is 2.56. The molecule has 4 nitrogen and oxygen atoms in total. The molecule has 5 heteroatoms. The van der Waals surface area contributed by atoms with E-state index >= 15 is 0 Å². The van der Waals surface area contributed by atoms with Crippen LogP contribution in [0.15, 0.2) is 30.3 Å². The van der Waals surface area contributed by atoms with Crippen molar-refractivity contribution in [3.8, 4) is 0 Å². The molecule has 1 fully saturated rings. The maximum Gasteiger partial charge on any atom is 0.262 e. The Kier molecular flexibility index (Phi) is 6.79. The van der Waals surface area contributed by atoms with Crippen molar-refractivity contribution in [1.82, 2.24) is 16.2 Å². The molecule has 0 unspecified atom stereocenters. The van der Waals surface area contributed by atoms with Gasteiger partial charge in [0.1, 0.15) is 0 Å². The van der Waals surface area contributed by atoms with Crippen molar-refractivity contribution in [2.45, 2.75) is 46.1 Å². The molecule has 1 aliphatic carbocycles. The van der Waals surface area contributed by atoms with Crippen LogP contribution in [0.25, 0.3) is 6.08 Å². The predicted octanol–water partition coefficient (Wildman–Crippen LogP) is 3.33. The average molecular weight is 346 g/mol. The molecular formula is C19H27N3OS. The summed E-state index contributed by atoms with van der Waals surface area (Å²) in [6, 6.07) is 8.29. The summed E-state index contributed by atoms with van der Waals surface area (Å²) in [5.74, 6) is 1.05. The zero-order valence-corrected chi connectivity index (χ0v) is 15.5. The quantitative estimate of drug-likeness (QED) is 0.447. The van der Waals surface area contributed by atoms with E-state index in [1.165, 1.54) is 18.9 Å². The summed E-state index contributed by atoms with van der Waals surface area (Å²) in [7, 11) is 0. The monoisotopic (exact) mass is 345 g/mol. The molecule has 3 atom stereocenters. The summed E-state index contributed by atoms with van der Waals surface area (Å²) in [6.45, 7) is 6.56. The lowest BCUT2D eigenvalue weighted by atomic mass is 9.78. The Hall–Kier alpha value is -1.88. The molecule has 0 radical (unpaired) electrons. The number of hydrogen-bond donors (Lipinski definition) is 3. The molecule has 1 aromatic carbocycles. The van der Waals surface area contributed by atoms with Gasteiger partial charge in [-0.25, -0.2) is 0 Å². The summed E-state index contributed by atoms with van der Waals surface area (Å²) in [5.41, 5.74) is 7.55. The molecular weight excluding hydrogens is 318 g/mol. The van der Waals surface area contributed by atoms with E-state index in [9.17, 15) is 4.79 Å². The van der Waals surface area contributed by atoms with E-state index < -0.39 is 0 Å². The van der Waals surface area contributed by atoms with E-state index in [4.69, 9.17) is 12.2 Å². The first-order chi connectivity index (χ1) is 11.5. The molecule has 1 amide bonds. The standard InChI is InChI=1S/C19H27N3OS/c1-13-8-6-10-17(15(13)3)20-19(24)22-21-18(23)12-11-16-9-5-4-7-14(16)2/h4-5,7,9,11-13,15,17H,6,8,10H2,1-3H3,(H,21,23)(H2,20,22,24)/b12-11+/t13-,15-,17-/m0/s1. The second-order valence-corrected chi connectivity index (χ2v) is 7.06. The highest BCUT2D eigenvalue weighted by Gasteiger charge is 2.27. The summed E-state index contributed by atoms with van der Waals surface area (Å²) >= 11 is 5.28. The van der Waals surface area contributed by atoms with Gasteiger partial charge < -0.3 is 5.32 Å². The van der Waals surface area contributed by atoms with E-state index in [1.54, 1.807) is 6.08 Å². The number of amides is 1. The summed E-state index contributed by atoms with van der Waals surface area (Å²) < 4.78 is 0. The fourth-order valence-electron chi connectivity index (χ4n) is 3.09. The van der Waals surface area contributed by atoms with Crippen LogP contribution in [0.4, 0.5) is 0 Å². The predicted molar refractivity (Wildman–Crippen MR) is 103 cm³/mol. The van der Waals surface area contributed by atoms with Crippen molar-refractivity contribution in [2.24, 2.45) is 11.8 Å². The van der Waals surface area contributed by atoms with Gasteiger partial charge in [0.25, 0.3) is 5.91 Å². The molecule has 24 heavy (non-hydrogen) atoms. The third-order valence-electron chi connectivity index (χ3n) is 4.93. The number of aryl methyl sites for hydroxylation is 1. The number of carbonyl (C=O) groups is 1. The van der Waals surface area contributed by atoms with Crippen molar-refractivity contribution in [3.63, 3.8) is 0 Å². The first kappa shape index (κ1) is 18.5. The number of hydrogen-bond acceptors (Lipinski definition) is 2. The van der Waals surface area contributed by atoms with Crippen LogP contribution in [0, 0.1) is 18.8 Å². The summed E-state index contributed by atoms with van der Waals surface area (Å²) in [5, 5.41) is 3.79. The molecule has 1 saturated carbocycles. The molecule has 130 valence electrons. The van der Waals surface area contributed by atoms with Crippen LogP contribution in [0.2, 0.25) is 0 Å². The molecule has 2 rings (SSSR count). The minimum Gasteiger partial charge on any atom is -0.358 e. The van der Waals surface area contributed by atoms with Crippen LogP contribution in [0.3, 0.4) is 0 Å². The zero-order chi connectivity index (χ0) is 17.5. The molecule has 1 aliphatic rings. The van der Waals surface area contributed by atoms with Gasteiger partial charge in [-0.3, -0.25) is 15.6 Å². The summed E-state index contributed by atoms with van der Waals surface area (Å²) in [4.78, 5) is 11.9. The van der Waals surface area contributed by atoms with Crippen molar-refractivity contribution in [1.29, 1.82) is 0 Å². The van der Waals surface area contributed by atoms with Crippen molar-refractivity contribution >= 4 is 29.3 Å². The van der Waals surface area contributed by atoms with Crippen LogP contribution in [-0.2, 0) is 4.79 Å². The third kappa shape index (κ3) is 5.34. The van der Waals surface area contributed by atoms with Crippen molar-refractivity contribution in [3.05, 3.63) is 41.5 Å². The maximum absolute atomic E-state index is 11.9. The van der Waals surface area contributed by atoms with Gasteiger partial charge >= 0.3 is 0 Å². The van der Waals surface area contributed by atoms with Crippen LogP contribution < -0.4 is 16.2 Å². The van der Waals surface area contributed by atoms with Gasteiger partial charge in [0.05, 0.1) is 0 Å². The van der Waals surface area contributed by atoms with Gasteiger partial charge in [-0.1, -0.05) is 51.0 Å². The minimum absolute atomic E-state index is 0.229. The highest BCUT2D eigenvalue weighted by atomic mass is 32.1. The highest BCUT2D eigenvalue weighted by molar-refractivity contribution is 7.80. The van der Waals surface area contributed by atoms with Crippen LogP contribution in [0.1, 0.15) is 44.2 Å². The van der Waals surface area contributed by atoms with Gasteiger partial charge in [-0.15, -0.1) is 0 Å². The molecule has 0 spiro atoms. The fourth-order valence-corrected chi connectivity index (χ4v) is 3.29. The minimum atomic E-state index is -0.229. The van der Waals surface area contributed by atoms with Gasteiger partial charge in [0.2, 0.25) is 0 Å². The number of rotatable bonds is 3. The summed E-state index contributed by atoms with van der Waals surface area (Å²) in [6.07, 6.45) is 6.92. The van der Waals surface area contributed by atoms with Gasteiger partial charge in [0, 0.05) is 12.1 Å². The second-order valence-electron chi connectivity index (χ2n) is 6.65. The van der Waals surface area contributed by atoms with Gasteiger partial charge in [-0.05, 0) is 54.6 Å². The molecule has 0 heterocycles. The fraction of sp³-hybridized carbons (Fsp3) is 0.474. The lowest BCUT2D eigenvalue weighted by Crippen LogP contribution is -2.52. The van der Waals surface area contributed by atoms with Crippen LogP contribution in [0.5, 0.6) is 0 Å². The van der Waals surface area contributed by atoms with Crippen molar-refractivity contribution < 1.29 is 4.79 Å². The number of nitrogens with one attached hydrogen (secondary N) is 3. The Morgan fingerprint density at radius 1 is 1.21 bits per heavy atom. The molecule has 0 aromatic heterocycles. The first-order valence-electron chi connectivity index (χ1n) is 8.57. The van der Waals surface area contributed by atoms with E-state index in [2.05, 4.69) is 30.0 Å². The lowest BCUT2D eigenvalue weighted by molar-refractivity contribution is -0.116.